The maximum atomic E-state index is 14.0. The molecule has 2 aromatic rings. The van der Waals surface area contributed by atoms with Crippen LogP contribution in [0.1, 0.15) is 11.1 Å². The molecule has 1 aliphatic rings. The SMILES string of the molecule is CN(Cc1ccc2c(c1)OCO2)C(=O)NCc1ccc(N(C)C)c(F)c1. The average Bonchev–Trinajstić information content (AvgIpc) is 3.07. The van der Waals surface area contributed by atoms with Gasteiger partial charge in [0.15, 0.2) is 11.5 Å². The standard InChI is InChI=1S/C19H22FN3O3/c1-22(2)16-6-4-13(8-15(16)20)10-21-19(24)23(3)11-14-5-7-17-18(9-14)26-12-25-17/h4-9H,10-12H2,1-3H3,(H,21,24). The third kappa shape index (κ3) is 3.99. The fraction of sp³-hybridized carbons (Fsp3) is 0.316. The van der Waals surface area contributed by atoms with Crippen molar-refractivity contribution in [1.82, 2.24) is 10.2 Å². The van der Waals surface area contributed by atoms with Crippen LogP contribution in [0.5, 0.6) is 11.5 Å². The van der Waals surface area contributed by atoms with Crippen LogP contribution < -0.4 is 19.7 Å². The van der Waals surface area contributed by atoms with Gasteiger partial charge in [-0.15, -0.1) is 0 Å². The summed E-state index contributed by atoms with van der Waals surface area (Å²) in [6, 6.07) is 10.3. The van der Waals surface area contributed by atoms with Gasteiger partial charge in [-0.2, -0.15) is 0 Å². The van der Waals surface area contributed by atoms with Crippen LogP contribution in [0.4, 0.5) is 14.9 Å². The maximum absolute atomic E-state index is 14.0. The molecule has 0 unspecified atom stereocenters. The summed E-state index contributed by atoms with van der Waals surface area (Å²) < 4.78 is 24.6. The Morgan fingerprint density at radius 1 is 1.08 bits per heavy atom. The van der Waals surface area contributed by atoms with Gasteiger partial charge < -0.3 is 24.6 Å². The molecule has 0 radical (unpaired) electrons. The second-order valence-corrected chi connectivity index (χ2v) is 6.38. The van der Waals surface area contributed by atoms with Crippen LogP contribution in [0.2, 0.25) is 0 Å². The van der Waals surface area contributed by atoms with Gasteiger partial charge in [-0.1, -0.05) is 12.1 Å². The van der Waals surface area contributed by atoms with Crippen molar-refractivity contribution < 1.29 is 18.7 Å². The molecule has 7 heteroatoms. The summed E-state index contributed by atoms with van der Waals surface area (Å²) in [6.07, 6.45) is 0. The Morgan fingerprint density at radius 3 is 2.54 bits per heavy atom. The van der Waals surface area contributed by atoms with Crippen LogP contribution in [0, 0.1) is 5.82 Å². The first kappa shape index (κ1) is 17.8. The number of urea groups is 1. The molecule has 0 atom stereocenters. The molecule has 0 spiro atoms. The third-order valence-corrected chi connectivity index (χ3v) is 4.14. The molecule has 1 heterocycles. The fourth-order valence-electron chi connectivity index (χ4n) is 2.72. The highest BCUT2D eigenvalue weighted by molar-refractivity contribution is 5.74. The van der Waals surface area contributed by atoms with Gasteiger partial charge in [0.2, 0.25) is 6.79 Å². The molecule has 0 bridgehead atoms. The molecule has 2 aromatic carbocycles. The Labute approximate surface area is 152 Å². The van der Waals surface area contributed by atoms with Crippen molar-refractivity contribution >= 4 is 11.7 Å². The predicted molar refractivity (Wildman–Crippen MR) is 97.0 cm³/mol. The van der Waals surface area contributed by atoms with Crippen LogP contribution in [0.15, 0.2) is 36.4 Å². The van der Waals surface area contributed by atoms with Gasteiger partial charge >= 0.3 is 6.03 Å². The Bertz CT molecular complexity index is 811. The highest BCUT2D eigenvalue weighted by Crippen LogP contribution is 2.32. The summed E-state index contributed by atoms with van der Waals surface area (Å²) in [5, 5.41) is 2.80. The van der Waals surface area contributed by atoms with E-state index in [9.17, 15) is 9.18 Å². The molecule has 0 aromatic heterocycles. The number of hydrogen-bond donors (Lipinski definition) is 1. The predicted octanol–water partition coefficient (Wildman–Crippen LogP) is 2.96. The first-order valence-electron chi connectivity index (χ1n) is 8.27. The van der Waals surface area contributed by atoms with E-state index in [2.05, 4.69) is 5.32 Å². The quantitative estimate of drug-likeness (QED) is 0.892. The summed E-state index contributed by atoms with van der Waals surface area (Å²) in [6.45, 7) is 0.906. The lowest BCUT2D eigenvalue weighted by atomic mass is 10.2. The van der Waals surface area contributed by atoms with E-state index in [0.717, 1.165) is 5.56 Å². The van der Waals surface area contributed by atoms with Crippen LogP contribution >= 0.6 is 0 Å². The van der Waals surface area contributed by atoms with Crippen molar-refractivity contribution in [3.63, 3.8) is 0 Å². The average molecular weight is 359 g/mol. The molecule has 1 aliphatic heterocycles. The van der Waals surface area contributed by atoms with Gasteiger partial charge in [0.25, 0.3) is 0 Å². The number of nitrogens with one attached hydrogen (secondary N) is 1. The molecule has 26 heavy (non-hydrogen) atoms. The molecule has 6 nitrogen and oxygen atoms in total. The van der Waals surface area contributed by atoms with Crippen molar-refractivity contribution in [1.29, 1.82) is 0 Å². The van der Waals surface area contributed by atoms with E-state index in [0.29, 0.717) is 29.3 Å². The number of anilines is 1. The lowest BCUT2D eigenvalue weighted by Crippen LogP contribution is -2.36. The number of benzene rings is 2. The van der Waals surface area contributed by atoms with E-state index < -0.39 is 0 Å². The molecule has 0 aliphatic carbocycles. The Morgan fingerprint density at radius 2 is 1.81 bits per heavy atom. The van der Waals surface area contributed by atoms with Crippen LogP contribution in [-0.4, -0.2) is 38.9 Å². The van der Waals surface area contributed by atoms with E-state index in [-0.39, 0.29) is 25.2 Å². The van der Waals surface area contributed by atoms with Gasteiger partial charge in [-0.05, 0) is 35.4 Å². The molecule has 3 rings (SSSR count). The molecule has 0 saturated carbocycles. The van der Waals surface area contributed by atoms with E-state index in [1.54, 1.807) is 43.1 Å². The second-order valence-electron chi connectivity index (χ2n) is 6.38. The van der Waals surface area contributed by atoms with Gasteiger partial charge in [0, 0.05) is 34.2 Å². The summed E-state index contributed by atoms with van der Waals surface area (Å²) >= 11 is 0. The van der Waals surface area contributed by atoms with Gasteiger partial charge in [-0.25, -0.2) is 9.18 Å². The van der Waals surface area contributed by atoms with Crippen LogP contribution in [-0.2, 0) is 13.1 Å². The topological polar surface area (TPSA) is 54.0 Å². The zero-order valence-electron chi connectivity index (χ0n) is 15.1. The summed E-state index contributed by atoms with van der Waals surface area (Å²) in [5.41, 5.74) is 2.16. The van der Waals surface area contributed by atoms with Gasteiger partial charge in [0.05, 0.1) is 5.69 Å². The molecular formula is C19H22FN3O3. The normalized spacial score (nSPS) is 12.0. The number of rotatable bonds is 5. The number of hydrogen-bond acceptors (Lipinski definition) is 4. The number of halogens is 1. The van der Waals surface area contributed by atoms with Crippen molar-refractivity contribution in [3.05, 3.63) is 53.3 Å². The summed E-state index contributed by atoms with van der Waals surface area (Å²) in [7, 11) is 5.27. The lowest BCUT2D eigenvalue weighted by molar-refractivity contribution is 0.174. The zero-order chi connectivity index (χ0) is 18.7. The third-order valence-electron chi connectivity index (χ3n) is 4.14. The Kier molecular flexibility index (Phi) is 5.16. The summed E-state index contributed by atoms with van der Waals surface area (Å²) in [5.74, 6) is 1.09. The number of ether oxygens (including phenoxy) is 2. The molecule has 1 N–H and O–H groups in total. The Hall–Kier alpha value is -2.96. The van der Waals surface area contributed by atoms with Crippen molar-refractivity contribution in [2.75, 3.05) is 32.8 Å². The first-order chi connectivity index (χ1) is 12.4. The smallest absolute Gasteiger partial charge is 0.317 e. The molecule has 138 valence electrons. The molecule has 0 fully saturated rings. The van der Waals surface area contributed by atoms with E-state index in [1.807, 2.05) is 18.2 Å². The number of carbonyl (C=O) groups is 1. The highest BCUT2D eigenvalue weighted by atomic mass is 19.1. The van der Waals surface area contributed by atoms with Gasteiger partial charge in [-0.3, -0.25) is 0 Å². The lowest BCUT2D eigenvalue weighted by Gasteiger charge is -2.19. The second kappa shape index (κ2) is 7.51. The minimum atomic E-state index is -0.310. The number of amides is 2. The van der Waals surface area contributed by atoms with E-state index in [4.69, 9.17) is 9.47 Å². The number of nitrogens with zero attached hydrogens (tertiary/aromatic N) is 2. The van der Waals surface area contributed by atoms with E-state index in [1.165, 1.54) is 6.07 Å². The van der Waals surface area contributed by atoms with Crippen molar-refractivity contribution in [2.24, 2.45) is 0 Å². The Balaban J connectivity index is 1.55. The highest BCUT2D eigenvalue weighted by Gasteiger charge is 2.15. The van der Waals surface area contributed by atoms with Crippen molar-refractivity contribution in [2.45, 2.75) is 13.1 Å². The van der Waals surface area contributed by atoms with Crippen molar-refractivity contribution in [3.8, 4) is 11.5 Å². The van der Waals surface area contributed by atoms with Crippen LogP contribution in [0.3, 0.4) is 0 Å². The minimum Gasteiger partial charge on any atom is -0.454 e. The largest absolute Gasteiger partial charge is 0.454 e. The minimum absolute atomic E-state index is 0.221. The molecule has 2 amide bonds. The van der Waals surface area contributed by atoms with Gasteiger partial charge in [0.1, 0.15) is 5.82 Å². The molecule has 0 saturated heterocycles. The maximum Gasteiger partial charge on any atom is 0.317 e. The number of fused-ring (bicyclic) bond motifs is 1. The fourth-order valence-corrected chi connectivity index (χ4v) is 2.72. The molecular weight excluding hydrogens is 337 g/mol. The zero-order valence-corrected chi connectivity index (χ0v) is 15.1. The van der Waals surface area contributed by atoms with Crippen LogP contribution in [0.25, 0.3) is 0 Å². The number of carbonyl (C=O) groups excluding carboxylic acids is 1. The monoisotopic (exact) mass is 359 g/mol. The summed E-state index contributed by atoms with van der Waals surface area (Å²) in [4.78, 5) is 15.5. The van der Waals surface area contributed by atoms with E-state index >= 15 is 0 Å². The first-order valence-corrected chi connectivity index (χ1v) is 8.27.